The van der Waals surface area contributed by atoms with Gasteiger partial charge in [0, 0.05) is 18.5 Å². The van der Waals surface area contributed by atoms with Gasteiger partial charge in [0.15, 0.2) is 0 Å². The Morgan fingerprint density at radius 3 is 2.81 bits per heavy atom. The molecule has 21 heavy (non-hydrogen) atoms. The average molecular weight is 295 g/mol. The molecule has 0 amide bonds. The number of esters is 1. The van der Waals surface area contributed by atoms with Crippen molar-refractivity contribution in [3.63, 3.8) is 0 Å². The zero-order chi connectivity index (χ0) is 15.5. The quantitative estimate of drug-likeness (QED) is 0.786. The monoisotopic (exact) mass is 295 g/mol. The van der Waals surface area contributed by atoms with E-state index in [1.54, 1.807) is 12.1 Å². The molecule has 1 aromatic carbocycles. The van der Waals surface area contributed by atoms with E-state index in [1.807, 2.05) is 13.8 Å². The lowest BCUT2D eigenvalue weighted by molar-refractivity contribution is -0.149. The van der Waals surface area contributed by atoms with Gasteiger partial charge in [-0.15, -0.1) is 0 Å². The summed E-state index contributed by atoms with van der Waals surface area (Å²) in [4.78, 5) is 12.0. The van der Waals surface area contributed by atoms with Gasteiger partial charge in [-0.05, 0) is 38.8 Å². The number of nitrogens with one attached hydrogen (secondary N) is 1. The van der Waals surface area contributed by atoms with Gasteiger partial charge in [0.05, 0.1) is 13.2 Å². The highest BCUT2D eigenvalue weighted by Gasteiger charge is 2.40. The van der Waals surface area contributed by atoms with Crippen LogP contribution in [-0.4, -0.2) is 30.8 Å². The summed E-state index contributed by atoms with van der Waals surface area (Å²) in [6, 6.07) is 6.36. The van der Waals surface area contributed by atoms with Crippen LogP contribution in [0.25, 0.3) is 0 Å². The van der Waals surface area contributed by atoms with Crippen molar-refractivity contribution < 1.29 is 18.7 Å². The molecule has 0 aromatic heterocycles. The highest BCUT2D eigenvalue weighted by Crippen LogP contribution is 2.27. The van der Waals surface area contributed by atoms with Crippen molar-refractivity contribution in [2.75, 3.05) is 7.11 Å². The number of halogens is 1. The summed E-state index contributed by atoms with van der Waals surface area (Å²) in [5.74, 6) is -0.184. The van der Waals surface area contributed by atoms with Gasteiger partial charge in [-0.25, -0.2) is 4.39 Å². The smallest absolute Gasteiger partial charge is 0.325 e. The van der Waals surface area contributed by atoms with Crippen LogP contribution in [0.2, 0.25) is 0 Å². The van der Waals surface area contributed by atoms with Crippen LogP contribution in [0.3, 0.4) is 0 Å². The lowest BCUT2D eigenvalue weighted by atomic mass is 9.94. The van der Waals surface area contributed by atoms with E-state index < -0.39 is 5.54 Å². The van der Waals surface area contributed by atoms with Gasteiger partial charge in [0.2, 0.25) is 0 Å². The normalized spacial score (nSPS) is 18.7. The van der Waals surface area contributed by atoms with Crippen LogP contribution in [0.1, 0.15) is 33.1 Å². The Labute approximate surface area is 124 Å². The largest absolute Gasteiger partial charge is 0.491 e. The number of ether oxygens (including phenoxy) is 2. The van der Waals surface area contributed by atoms with Crippen molar-refractivity contribution in [3.05, 3.63) is 30.1 Å². The molecule has 0 radical (unpaired) electrons. The Morgan fingerprint density at radius 1 is 1.52 bits per heavy atom. The Morgan fingerprint density at radius 2 is 2.24 bits per heavy atom. The lowest BCUT2D eigenvalue weighted by Crippen LogP contribution is -2.53. The van der Waals surface area contributed by atoms with E-state index in [2.05, 4.69) is 5.32 Å². The summed E-state index contributed by atoms with van der Waals surface area (Å²) >= 11 is 0. The number of hydrogen-bond donors (Lipinski definition) is 1. The van der Waals surface area contributed by atoms with Crippen LogP contribution in [0.15, 0.2) is 24.3 Å². The fourth-order valence-corrected chi connectivity index (χ4v) is 2.49. The molecular weight excluding hydrogens is 273 g/mol. The molecule has 0 spiro atoms. The van der Waals surface area contributed by atoms with Gasteiger partial charge in [-0.3, -0.25) is 10.1 Å². The minimum atomic E-state index is -0.789. The Kier molecular flexibility index (Phi) is 4.83. The minimum Gasteiger partial charge on any atom is -0.491 e. The van der Waals surface area contributed by atoms with E-state index in [4.69, 9.17) is 9.47 Å². The van der Waals surface area contributed by atoms with E-state index >= 15 is 0 Å². The van der Waals surface area contributed by atoms with E-state index in [-0.39, 0.29) is 17.9 Å². The van der Waals surface area contributed by atoms with E-state index in [0.29, 0.717) is 18.2 Å². The summed E-state index contributed by atoms with van der Waals surface area (Å²) in [6.45, 7) is 3.68. The third-order valence-electron chi connectivity index (χ3n) is 3.57. The first-order valence-corrected chi connectivity index (χ1v) is 7.21. The topological polar surface area (TPSA) is 47.6 Å². The standard InChI is InChI=1S/C16H22FNO3/c1-11(21-14-6-4-5-12(17)9-14)10-16(2,15(19)20-3)18-13-7-8-13/h4-6,9,11,13,18H,7-8,10H2,1-3H3. The first kappa shape index (κ1) is 15.8. The SMILES string of the molecule is COC(=O)C(C)(CC(C)Oc1cccc(F)c1)NC1CC1. The molecule has 1 N–H and O–H groups in total. The number of carbonyl (C=O) groups excluding carboxylic acids is 1. The van der Waals surface area contributed by atoms with Gasteiger partial charge in [-0.2, -0.15) is 0 Å². The molecule has 5 heteroatoms. The molecule has 1 aliphatic carbocycles. The fraction of sp³-hybridized carbons (Fsp3) is 0.562. The average Bonchev–Trinajstić information content (AvgIpc) is 3.21. The van der Waals surface area contributed by atoms with Crippen LogP contribution >= 0.6 is 0 Å². The number of hydrogen-bond acceptors (Lipinski definition) is 4. The molecule has 1 saturated carbocycles. The molecule has 1 aliphatic rings. The minimum absolute atomic E-state index is 0.248. The molecule has 2 unspecified atom stereocenters. The Bertz CT molecular complexity index is 504. The second kappa shape index (κ2) is 6.43. The van der Waals surface area contributed by atoms with Crippen LogP contribution in [-0.2, 0) is 9.53 Å². The zero-order valence-electron chi connectivity index (χ0n) is 12.7. The molecule has 4 nitrogen and oxygen atoms in total. The second-order valence-corrected chi connectivity index (χ2v) is 5.83. The van der Waals surface area contributed by atoms with E-state index in [0.717, 1.165) is 12.8 Å². The Balaban J connectivity index is 2.00. The molecule has 2 rings (SSSR count). The molecular formula is C16H22FNO3. The number of rotatable bonds is 7. The molecule has 2 atom stereocenters. The maximum absolute atomic E-state index is 13.2. The van der Waals surface area contributed by atoms with Crippen molar-refractivity contribution in [2.24, 2.45) is 0 Å². The van der Waals surface area contributed by atoms with Crippen molar-refractivity contribution >= 4 is 5.97 Å². The predicted molar refractivity (Wildman–Crippen MR) is 77.7 cm³/mol. The first-order chi connectivity index (χ1) is 9.93. The van der Waals surface area contributed by atoms with Crippen LogP contribution in [0.5, 0.6) is 5.75 Å². The molecule has 0 heterocycles. The molecule has 116 valence electrons. The molecule has 1 aromatic rings. The van der Waals surface area contributed by atoms with Gasteiger partial charge in [0.25, 0.3) is 0 Å². The van der Waals surface area contributed by atoms with Gasteiger partial charge in [-0.1, -0.05) is 6.07 Å². The molecule has 1 fully saturated rings. The van der Waals surface area contributed by atoms with Crippen molar-refractivity contribution in [1.29, 1.82) is 0 Å². The maximum Gasteiger partial charge on any atom is 0.325 e. The predicted octanol–water partition coefficient (Wildman–Crippen LogP) is 2.67. The molecule has 0 bridgehead atoms. The van der Waals surface area contributed by atoms with Crippen molar-refractivity contribution in [3.8, 4) is 5.75 Å². The highest BCUT2D eigenvalue weighted by atomic mass is 19.1. The highest BCUT2D eigenvalue weighted by molar-refractivity contribution is 5.80. The maximum atomic E-state index is 13.2. The van der Waals surface area contributed by atoms with Gasteiger partial charge >= 0.3 is 5.97 Å². The van der Waals surface area contributed by atoms with E-state index in [9.17, 15) is 9.18 Å². The Hall–Kier alpha value is -1.62. The van der Waals surface area contributed by atoms with Crippen molar-refractivity contribution in [2.45, 2.75) is 50.8 Å². The zero-order valence-corrected chi connectivity index (χ0v) is 12.7. The van der Waals surface area contributed by atoms with E-state index in [1.165, 1.54) is 19.2 Å². The third kappa shape index (κ3) is 4.43. The number of benzene rings is 1. The summed E-state index contributed by atoms with van der Waals surface area (Å²) in [5, 5.41) is 3.32. The summed E-state index contributed by atoms with van der Waals surface area (Å²) in [5.41, 5.74) is -0.789. The lowest BCUT2D eigenvalue weighted by Gasteiger charge is -2.31. The summed E-state index contributed by atoms with van der Waals surface area (Å²) in [7, 11) is 1.38. The third-order valence-corrected chi connectivity index (χ3v) is 3.57. The van der Waals surface area contributed by atoms with Gasteiger partial charge < -0.3 is 9.47 Å². The first-order valence-electron chi connectivity index (χ1n) is 7.21. The van der Waals surface area contributed by atoms with Crippen LogP contribution in [0.4, 0.5) is 4.39 Å². The van der Waals surface area contributed by atoms with Crippen LogP contribution < -0.4 is 10.1 Å². The van der Waals surface area contributed by atoms with Crippen molar-refractivity contribution in [1.82, 2.24) is 5.32 Å². The number of carbonyl (C=O) groups is 1. The van der Waals surface area contributed by atoms with Crippen LogP contribution in [0, 0.1) is 5.82 Å². The summed E-state index contributed by atoms with van der Waals surface area (Å²) < 4.78 is 23.7. The summed E-state index contributed by atoms with van der Waals surface area (Å²) in [6.07, 6.45) is 2.35. The van der Waals surface area contributed by atoms with Gasteiger partial charge in [0.1, 0.15) is 17.1 Å². The number of methoxy groups -OCH3 is 1. The molecule has 0 aliphatic heterocycles. The second-order valence-electron chi connectivity index (χ2n) is 5.83. The fourth-order valence-electron chi connectivity index (χ4n) is 2.49. The molecule has 0 saturated heterocycles.